The third-order valence-electron chi connectivity index (χ3n) is 4.66. The maximum Gasteiger partial charge on any atom is 0.326 e. The molecular formula is C19H19NO5S. The number of carbonyl (C=O) groups excluding carboxylic acids is 1. The summed E-state index contributed by atoms with van der Waals surface area (Å²) in [5.74, 6) is -1.56. The fraction of sp³-hybridized carbons (Fsp3) is 0.263. The summed E-state index contributed by atoms with van der Waals surface area (Å²) in [5.41, 5.74) is 2.62. The zero-order chi connectivity index (χ0) is 19.1. The van der Waals surface area contributed by atoms with E-state index in [0.717, 1.165) is 17.4 Å². The summed E-state index contributed by atoms with van der Waals surface area (Å²) in [6.45, 7) is 1.88. The first-order valence-electron chi connectivity index (χ1n) is 8.10. The summed E-state index contributed by atoms with van der Waals surface area (Å²) in [6.07, 6.45) is 1.30. The number of benzene rings is 2. The van der Waals surface area contributed by atoms with Crippen molar-refractivity contribution in [3.05, 3.63) is 64.7 Å². The summed E-state index contributed by atoms with van der Waals surface area (Å²) in [5, 5.41) is 9.59. The van der Waals surface area contributed by atoms with E-state index in [1.165, 1.54) is 17.0 Å². The van der Waals surface area contributed by atoms with Crippen molar-refractivity contribution in [2.45, 2.75) is 30.8 Å². The second kappa shape index (κ2) is 6.57. The number of rotatable bonds is 3. The smallest absolute Gasteiger partial charge is 0.326 e. The minimum absolute atomic E-state index is 0.0377. The number of aliphatic carboxylic acids is 1. The average molecular weight is 373 g/mol. The van der Waals surface area contributed by atoms with Crippen LogP contribution >= 0.6 is 0 Å². The first-order chi connectivity index (χ1) is 12.2. The van der Waals surface area contributed by atoms with E-state index >= 15 is 0 Å². The molecule has 26 heavy (non-hydrogen) atoms. The minimum atomic E-state index is -3.47. The first-order valence-corrected chi connectivity index (χ1v) is 9.99. The van der Waals surface area contributed by atoms with Crippen molar-refractivity contribution in [3.8, 4) is 0 Å². The molecule has 0 fully saturated rings. The van der Waals surface area contributed by atoms with Crippen molar-refractivity contribution in [1.82, 2.24) is 4.90 Å². The normalized spacial score (nSPS) is 16.8. The van der Waals surface area contributed by atoms with E-state index in [1.807, 2.05) is 24.3 Å². The number of carboxylic acids is 1. The molecule has 1 atom stereocenters. The highest BCUT2D eigenvalue weighted by atomic mass is 32.2. The third-order valence-corrected chi connectivity index (χ3v) is 5.77. The Labute approximate surface area is 152 Å². The van der Waals surface area contributed by atoms with Crippen LogP contribution in [0.5, 0.6) is 0 Å². The predicted octanol–water partition coefficient (Wildman–Crippen LogP) is 2.05. The van der Waals surface area contributed by atoms with Gasteiger partial charge in [0.1, 0.15) is 6.04 Å². The number of aryl methyl sites for hydroxylation is 1. The summed E-state index contributed by atoms with van der Waals surface area (Å²) in [4.78, 5) is 26.2. The molecule has 1 amide bonds. The zero-order valence-corrected chi connectivity index (χ0v) is 15.3. The van der Waals surface area contributed by atoms with Crippen LogP contribution in [0, 0.1) is 6.92 Å². The summed E-state index contributed by atoms with van der Waals surface area (Å²) >= 11 is 0. The largest absolute Gasteiger partial charge is 0.480 e. The van der Waals surface area contributed by atoms with Crippen molar-refractivity contribution in [2.24, 2.45) is 0 Å². The van der Waals surface area contributed by atoms with E-state index in [2.05, 4.69) is 0 Å². The molecule has 0 aliphatic carbocycles. The molecule has 2 aromatic rings. The molecule has 1 N–H and O–H groups in total. The van der Waals surface area contributed by atoms with E-state index in [9.17, 15) is 23.1 Å². The number of sulfone groups is 1. The van der Waals surface area contributed by atoms with Crippen LogP contribution < -0.4 is 0 Å². The lowest BCUT2D eigenvalue weighted by molar-refractivity contribution is -0.142. The SMILES string of the molecule is Cc1ccc(S(C)(=O)=O)cc1C(=O)N1Cc2ccccc2C[C@@H]1C(=O)O. The van der Waals surface area contributed by atoms with E-state index in [4.69, 9.17) is 0 Å². The van der Waals surface area contributed by atoms with Gasteiger partial charge < -0.3 is 10.0 Å². The molecular weight excluding hydrogens is 354 g/mol. The van der Waals surface area contributed by atoms with Gasteiger partial charge in [0.15, 0.2) is 9.84 Å². The molecule has 0 spiro atoms. The average Bonchev–Trinajstić information content (AvgIpc) is 2.59. The molecule has 2 aromatic carbocycles. The maximum atomic E-state index is 13.1. The van der Waals surface area contributed by atoms with E-state index in [-0.39, 0.29) is 23.4 Å². The zero-order valence-electron chi connectivity index (χ0n) is 14.5. The Hall–Kier alpha value is -2.67. The monoisotopic (exact) mass is 373 g/mol. The lowest BCUT2D eigenvalue weighted by Gasteiger charge is -2.34. The van der Waals surface area contributed by atoms with Crippen LogP contribution in [-0.4, -0.2) is 42.6 Å². The number of nitrogens with zero attached hydrogens (tertiary/aromatic N) is 1. The van der Waals surface area contributed by atoms with Crippen LogP contribution in [0.4, 0.5) is 0 Å². The number of hydrogen-bond donors (Lipinski definition) is 1. The molecule has 0 bridgehead atoms. The van der Waals surface area contributed by atoms with Crippen LogP contribution in [0.1, 0.15) is 27.0 Å². The molecule has 0 saturated carbocycles. The van der Waals surface area contributed by atoms with Crippen molar-refractivity contribution < 1.29 is 23.1 Å². The van der Waals surface area contributed by atoms with Crippen LogP contribution in [0.3, 0.4) is 0 Å². The Morgan fingerprint density at radius 2 is 1.77 bits per heavy atom. The predicted molar refractivity (Wildman–Crippen MR) is 95.7 cm³/mol. The standard InChI is InChI=1S/C19H19NO5S/c1-12-7-8-15(26(2,24)25)10-16(12)18(21)20-11-14-6-4-3-5-13(14)9-17(20)19(22)23/h3-8,10,17H,9,11H2,1-2H3,(H,22,23)/t17-/m1/s1. The second-order valence-electron chi connectivity index (χ2n) is 6.51. The number of carbonyl (C=O) groups is 2. The molecule has 0 aromatic heterocycles. The lowest BCUT2D eigenvalue weighted by Crippen LogP contribution is -2.48. The second-order valence-corrected chi connectivity index (χ2v) is 8.52. The van der Waals surface area contributed by atoms with Gasteiger partial charge in [-0.15, -0.1) is 0 Å². The number of carboxylic acid groups (broad SMARTS) is 1. The highest BCUT2D eigenvalue weighted by Crippen LogP contribution is 2.27. The molecule has 1 aliphatic rings. The Morgan fingerprint density at radius 3 is 2.38 bits per heavy atom. The van der Waals surface area contributed by atoms with E-state index in [0.29, 0.717) is 5.56 Å². The van der Waals surface area contributed by atoms with Crippen LogP contribution in [0.2, 0.25) is 0 Å². The third kappa shape index (κ3) is 3.35. The molecule has 0 saturated heterocycles. The van der Waals surface area contributed by atoms with E-state index < -0.39 is 27.8 Å². The Kier molecular flexibility index (Phi) is 4.58. The van der Waals surface area contributed by atoms with Crippen LogP contribution in [0.15, 0.2) is 47.4 Å². The van der Waals surface area contributed by atoms with Crippen molar-refractivity contribution >= 4 is 21.7 Å². The summed E-state index contributed by atoms with van der Waals surface area (Å²) < 4.78 is 23.6. The van der Waals surface area contributed by atoms with Gasteiger partial charge in [0, 0.05) is 24.8 Å². The van der Waals surface area contributed by atoms with Gasteiger partial charge in [-0.25, -0.2) is 13.2 Å². The summed E-state index contributed by atoms with van der Waals surface area (Å²) in [6, 6.07) is 10.8. The van der Waals surface area contributed by atoms with Crippen LogP contribution in [0.25, 0.3) is 0 Å². The van der Waals surface area contributed by atoms with Gasteiger partial charge in [-0.05, 0) is 35.7 Å². The molecule has 7 heteroatoms. The van der Waals surface area contributed by atoms with Gasteiger partial charge >= 0.3 is 5.97 Å². The highest BCUT2D eigenvalue weighted by Gasteiger charge is 2.35. The van der Waals surface area contributed by atoms with Gasteiger partial charge in [-0.1, -0.05) is 30.3 Å². The molecule has 1 aliphatic heterocycles. The summed E-state index contributed by atoms with van der Waals surface area (Å²) in [7, 11) is -3.47. The van der Waals surface area contributed by atoms with E-state index in [1.54, 1.807) is 13.0 Å². The highest BCUT2D eigenvalue weighted by molar-refractivity contribution is 7.90. The fourth-order valence-corrected chi connectivity index (χ4v) is 3.82. The van der Waals surface area contributed by atoms with Gasteiger partial charge in [0.2, 0.25) is 0 Å². The molecule has 0 unspecified atom stereocenters. The maximum absolute atomic E-state index is 13.1. The quantitative estimate of drug-likeness (QED) is 0.889. The number of fused-ring (bicyclic) bond motifs is 1. The lowest BCUT2D eigenvalue weighted by atomic mass is 9.93. The molecule has 1 heterocycles. The number of amides is 1. The van der Waals surface area contributed by atoms with Crippen molar-refractivity contribution in [1.29, 1.82) is 0 Å². The van der Waals surface area contributed by atoms with Crippen molar-refractivity contribution in [2.75, 3.05) is 6.26 Å². The number of hydrogen-bond acceptors (Lipinski definition) is 4. The topological polar surface area (TPSA) is 91.8 Å². The molecule has 0 radical (unpaired) electrons. The van der Waals surface area contributed by atoms with Gasteiger partial charge in [0.05, 0.1) is 4.90 Å². The molecule has 136 valence electrons. The van der Waals surface area contributed by atoms with Crippen LogP contribution in [-0.2, 0) is 27.6 Å². The molecule has 3 rings (SSSR count). The first kappa shape index (κ1) is 18.1. The minimum Gasteiger partial charge on any atom is -0.480 e. The van der Waals surface area contributed by atoms with Gasteiger partial charge in [-0.3, -0.25) is 4.79 Å². The Morgan fingerprint density at radius 1 is 1.12 bits per heavy atom. The fourth-order valence-electron chi connectivity index (χ4n) is 3.17. The van der Waals surface area contributed by atoms with Crippen molar-refractivity contribution in [3.63, 3.8) is 0 Å². The van der Waals surface area contributed by atoms with Gasteiger partial charge in [-0.2, -0.15) is 0 Å². The Balaban J connectivity index is 2.05. The van der Waals surface area contributed by atoms with Gasteiger partial charge in [0.25, 0.3) is 5.91 Å². The Bertz CT molecular complexity index is 997. The molecule has 6 nitrogen and oxygen atoms in total.